The summed E-state index contributed by atoms with van der Waals surface area (Å²) in [6.07, 6.45) is -0.917. The molecule has 9 heteroatoms. The quantitative estimate of drug-likeness (QED) is 0.663. The molecule has 32 heavy (non-hydrogen) atoms. The predicted molar refractivity (Wildman–Crippen MR) is 120 cm³/mol. The van der Waals surface area contributed by atoms with E-state index in [2.05, 4.69) is 10.6 Å². The van der Waals surface area contributed by atoms with Gasteiger partial charge in [-0.2, -0.15) is 0 Å². The SMILES string of the molecule is CC1(C)O[C@@H]2[C@@H](CNC(=O)c3ccc(Cl)c(Cl)c3)OC[C@]2(CNC(=O)c2ccccc2)O1. The van der Waals surface area contributed by atoms with E-state index in [0.717, 1.165) is 0 Å². The fourth-order valence-corrected chi connectivity index (χ4v) is 4.35. The second-order valence-electron chi connectivity index (χ2n) is 8.34. The zero-order chi connectivity index (χ0) is 22.9. The normalized spacial score (nSPS) is 25.9. The van der Waals surface area contributed by atoms with Crippen molar-refractivity contribution in [1.82, 2.24) is 10.6 Å². The minimum Gasteiger partial charge on any atom is -0.370 e. The zero-order valence-corrected chi connectivity index (χ0v) is 19.2. The Morgan fingerprint density at radius 1 is 1.00 bits per heavy atom. The van der Waals surface area contributed by atoms with Crippen molar-refractivity contribution in [3.63, 3.8) is 0 Å². The van der Waals surface area contributed by atoms with Gasteiger partial charge in [-0.15, -0.1) is 0 Å². The lowest BCUT2D eigenvalue weighted by atomic mass is 9.96. The lowest BCUT2D eigenvalue weighted by molar-refractivity contribution is -0.188. The summed E-state index contributed by atoms with van der Waals surface area (Å²) in [7, 11) is 0. The van der Waals surface area contributed by atoms with Gasteiger partial charge in [0, 0.05) is 17.7 Å². The Balaban J connectivity index is 1.41. The molecular weight excluding hydrogens is 455 g/mol. The van der Waals surface area contributed by atoms with Gasteiger partial charge in [-0.3, -0.25) is 9.59 Å². The van der Waals surface area contributed by atoms with Gasteiger partial charge in [0.1, 0.15) is 17.8 Å². The van der Waals surface area contributed by atoms with Crippen LogP contribution in [-0.4, -0.2) is 55.1 Å². The summed E-state index contributed by atoms with van der Waals surface area (Å²) in [6.45, 7) is 4.28. The van der Waals surface area contributed by atoms with Crippen LogP contribution in [0.2, 0.25) is 10.0 Å². The molecule has 3 atom stereocenters. The summed E-state index contributed by atoms with van der Waals surface area (Å²) in [5, 5.41) is 6.45. The molecule has 2 aliphatic rings. The molecule has 2 aromatic rings. The molecule has 2 N–H and O–H groups in total. The van der Waals surface area contributed by atoms with Gasteiger partial charge < -0.3 is 24.8 Å². The third-order valence-corrected chi connectivity index (χ3v) is 6.23. The highest BCUT2D eigenvalue weighted by molar-refractivity contribution is 6.42. The third-order valence-electron chi connectivity index (χ3n) is 5.49. The van der Waals surface area contributed by atoms with Crippen LogP contribution in [0.25, 0.3) is 0 Å². The average Bonchev–Trinajstić information content (AvgIpc) is 3.23. The van der Waals surface area contributed by atoms with Crippen LogP contribution < -0.4 is 10.6 Å². The Bertz CT molecular complexity index is 1020. The zero-order valence-electron chi connectivity index (χ0n) is 17.7. The maximum Gasteiger partial charge on any atom is 0.251 e. The van der Waals surface area contributed by atoms with Crippen LogP contribution in [0.1, 0.15) is 34.6 Å². The molecule has 0 aliphatic carbocycles. The van der Waals surface area contributed by atoms with E-state index in [1.165, 1.54) is 6.07 Å². The smallest absolute Gasteiger partial charge is 0.251 e. The van der Waals surface area contributed by atoms with Crippen LogP contribution in [0.5, 0.6) is 0 Å². The van der Waals surface area contributed by atoms with E-state index >= 15 is 0 Å². The van der Waals surface area contributed by atoms with Gasteiger partial charge >= 0.3 is 0 Å². The first-order valence-electron chi connectivity index (χ1n) is 10.3. The van der Waals surface area contributed by atoms with Crippen molar-refractivity contribution >= 4 is 35.0 Å². The first kappa shape index (κ1) is 23.0. The van der Waals surface area contributed by atoms with Gasteiger partial charge in [-0.1, -0.05) is 41.4 Å². The van der Waals surface area contributed by atoms with E-state index in [4.69, 9.17) is 37.4 Å². The fraction of sp³-hybridized carbons (Fsp3) is 0.391. The molecule has 2 heterocycles. The van der Waals surface area contributed by atoms with Gasteiger partial charge in [-0.05, 0) is 44.2 Å². The summed E-state index contributed by atoms with van der Waals surface area (Å²) in [4.78, 5) is 25.1. The summed E-state index contributed by atoms with van der Waals surface area (Å²) in [5.41, 5.74) is 0.0955. The van der Waals surface area contributed by atoms with Crippen molar-refractivity contribution in [1.29, 1.82) is 0 Å². The van der Waals surface area contributed by atoms with Crippen molar-refractivity contribution in [3.05, 3.63) is 69.7 Å². The van der Waals surface area contributed by atoms with Crippen LogP contribution in [0.3, 0.4) is 0 Å². The molecule has 2 amide bonds. The maximum atomic E-state index is 12.5. The Kier molecular flexibility index (Phi) is 6.47. The van der Waals surface area contributed by atoms with Crippen LogP contribution in [0.4, 0.5) is 0 Å². The molecule has 7 nitrogen and oxygen atoms in total. The minimum absolute atomic E-state index is 0.205. The lowest BCUT2D eigenvalue weighted by Crippen LogP contribution is -2.52. The van der Waals surface area contributed by atoms with Crippen molar-refractivity contribution < 1.29 is 23.8 Å². The number of ether oxygens (including phenoxy) is 3. The molecule has 2 saturated heterocycles. The summed E-state index contributed by atoms with van der Waals surface area (Å²) in [5.74, 6) is -1.36. The van der Waals surface area contributed by atoms with Crippen molar-refractivity contribution in [2.24, 2.45) is 0 Å². The van der Waals surface area contributed by atoms with Gasteiger partial charge in [0.2, 0.25) is 0 Å². The Morgan fingerprint density at radius 2 is 1.72 bits per heavy atom. The number of hydrogen-bond donors (Lipinski definition) is 2. The number of carbonyl (C=O) groups excluding carboxylic acids is 2. The van der Waals surface area contributed by atoms with E-state index in [9.17, 15) is 9.59 Å². The number of carbonyl (C=O) groups is 2. The van der Waals surface area contributed by atoms with Crippen LogP contribution in [-0.2, 0) is 14.2 Å². The maximum absolute atomic E-state index is 12.5. The first-order chi connectivity index (χ1) is 15.2. The molecular formula is C23H24Cl2N2O5. The second kappa shape index (κ2) is 9.00. The molecule has 2 aromatic carbocycles. The molecule has 0 unspecified atom stereocenters. The molecule has 4 rings (SSSR count). The van der Waals surface area contributed by atoms with E-state index in [1.807, 2.05) is 19.9 Å². The van der Waals surface area contributed by atoms with E-state index in [0.29, 0.717) is 21.2 Å². The van der Waals surface area contributed by atoms with Crippen molar-refractivity contribution in [2.45, 2.75) is 37.4 Å². The highest BCUT2D eigenvalue weighted by Crippen LogP contribution is 2.43. The van der Waals surface area contributed by atoms with Crippen molar-refractivity contribution in [3.8, 4) is 0 Å². The minimum atomic E-state index is -0.854. The standard InChI is InChI=1S/C23H24Cl2N2O5/c1-22(2)31-19-18(11-26-21(29)15-8-9-16(24)17(25)10-15)30-13-23(19,32-22)12-27-20(28)14-6-4-3-5-7-14/h3-10,18-19H,11-13H2,1-2H3,(H,26,29)(H,27,28)/t18-,19-,23+/m1/s1. The van der Waals surface area contributed by atoms with E-state index < -0.39 is 23.6 Å². The molecule has 2 fully saturated rings. The van der Waals surface area contributed by atoms with Crippen LogP contribution in [0.15, 0.2) is 48.5 Å². The number of nitrogens with one attached hydrogen (secondary N) is 2. The molecule has 0 spiro atoms. The summed E-state index contributed by atoms with van der Waals surface area (Å²) >= 11 is 11.9. The highest BCUT2D eigenvalue weighted by atomic mass is 35.5. The Labute approximate surface area is 196 Å². The Morgan fingerprint density at radius 3 is 2.44 bits per heavy atom. The van der Waals surface area contributed by atoms with E-state index in [1.54, 1.807) is 36.4 Å². The topological polar surface area (TPSA) is 85.9 Å². The lowest BCUT2D eigenvalue weighted by Gasteiger charge is -2.27. The number of amides is 2. The number of hydrogen-bond acceptors (Lipinski definition) is 5. The van der Waals surface area contributed by atoms with Crippen LogP contribution >= 0.6 is 23.2 Å². The number of fused-ring (bicyclic) bond motifs is 1. The summed E-state index contributed by atoms with van der Waals surface area (Å²) in [6, 6.07) is 13.6. The molecule has 0 saturated carbocycles. The van der Waals surface area contributed by atoms with Crippen molar-refractivity contribution in [2.75, 3.05) is 19.7 Å². The number of rotatable bonds is 6. The van der Waals surface area contributed by atoms with Gasteiger partial charge in [0.25, 0.3) is 11.8 Å². The van der Waals surface area contributed by atoms with Gasteiger partial charge in [-0.25, -0.2) is 0 Å². The highest BCUT2D eigenvalue weighted by Gasteiger charge is 2.61. The molecule has 0 aromatic heterocycles. The van der Waals surface area contributed by atoms with Crippen LogP contribution in [0, 0.1) is 0 Å². The largest absolute Gasteiger partial charge is 0.370 e. The molecule has 0 radical (unpaired) electrons. The monoisotopic (exact) mass is 478 g/mol. The third kappa shape index (κ3) is 4.77. The number of benzene rings is 2. The first-order valence-corrected chi connectivity index (χ1v) is 11.0. The van der Waals surface area contributed by atoms with Gasteiger partial charge in [0.15, 0.2) is 5.79 Å². The molecule has 170 valence electrons. The number of halogens is 2. The van der Waals surface area contributed by atoms with E-state index in [-0.39, 0.29) is 31.5 Å². The fourth-order valence-electron chi connectivity index (χ4n) is 4.05. The Hall–Kier alpha value is -2.16. The van der Waals surface area contributed by atoms with Gasteiger partial charge in [0.05, 0.1) is 23.2 Å². The molecule has 2 aliphatic heterocycles. The predicted octanol–water partition coefficient (Wildman–Crippen LogP) is 3.44. The molecule has 0 bridgehead atoms. The summed E-state index contributed by atoms with van der Waals surface area (Å²) < 4.78 is 18.2. The average molecular weight is 479 g/mol. The second-order valence-corrected chi connectivity index (χ2v) is 9.16.